The Bertz CT molecular complexity index is 1210. The molecular formula is C25H28Cl2N4O2S. The molecule has 3 aromatic rings. The van der Waals surface area contributed by atoms with Crippen molar-refractivity contribution in [3.63, 3.8) is 0 Å². The van der Waals surface area contributed by atoms with Gasteiger partial charge in [0.1, 0.15) is 5.69 Å². The van der Waals surface area contributed by atoms with Gasteiger partial charge in [-0.3, -0.25) is 9.59 Å². The van der Waals surface area contributed by atoms with Crippen molar-refractivity contribution in [3.05, 3.63) is 57.0 Å². The van der Waals surface area contributed by atoms with E-state index in [9.17, 15) is 9.59 Å². The Morgan fingerprint density at radius 3 is 2.41 bits per heavy atom. The molecule has 0 N–H and O–H groups in total. The maximum absolute atomic E-state index is 13.6. The van der Waals surface area contributed by atoms with Gasteiger partial charge in [-0.25, -0.2) is 0 Å². The third-order valence-corrected chi connectivity index (χ3v) is 8.47. The van der Waals surface area contributed by atoms with E-state index < -0.39 is 0 Å². The molecule has 0 spiro atoms. The first kappa shape index (κ1) is 23.7. The summed E-state index contributed by atoms with van der Waals surface area (Å²) >= 11 is 14.1. The molecule has 5 rings (SSSR count). The molecule has 0 bridgehead atoms. The van der Waals surface area contributed by atoms with Gasteiger partial charge in [-0.05, 0) is 55.1 Å². The van der Waals surface area contributed by atoms with Crippen LogP contribution >= 0.6 is 34.5 Å². The van der Waals surface area contributed by atoms with Gasteiger partial charge >= 0.3 is 0 Å². The lowest BCUT2D eigenvalue weighted by molar-refractivity contribution is -0.138. The predicted octanol–water partition coefficient (Wildman–Crippen LogP) is 4.68. The number of likely N-dealkylation sites (tertiary alicyclic amines) is 1. The molecule has 4 heterocycles. The summed E-state index contributed by atoms with van der Waals surface area (Å²) < 4.78 is 3.12. The molecule has 2 aromatic heterocycles. The zero-order valence-corrected chi connectivity index (χ0v) is 21.5. The highest BCUT2D eigenvalue weighted by Crippen LogP contribution is 2.30. The molecular weight excluding hydrogens is 491 g/mol. The van der Waals surface area contributed by atoms with E-state index in [-0.39, 0.29) is 17.7 Å². The summed E-state index contributed by atoms with van der Waals surface area (Å²) in [6.45, 7) is 5.14. The number of hydrogen-bond acceptors (Lipinski definition) is 4. The van der Waals surface area contributed by atoms with Crippen LogP contribution in [-0.2, 0) is 11.3 Å². The Labute approximate surface area is 213 Å². The number of benzene rings is 1. The van der Waals surface area contributed by atoms with Crippen LogP contribution in [0.25, 0.3) is 10.2 Å². The Morgan fingerprint density at radius 2 is 1.71 bits per heavy atom. The van der Waals surface area contributed by atoms with Gasteiger partial charge in [0.25, 0.3) is 5.91 Å². The highest BCUT2D eigenvalue weighted by Gasteiger charge is 2.32. The maximum atomic E-state index is 13.6. The molecule has 1 aromatic carbocycles. The number of carbonyl (C=O) groups is 2. The Hall–Kier alpha value is -2.06. The lowest BCUT2D eigenvalue weighted by Gasteiger charge is -2.37. The van der Waals surface area contributed by atoms with Crippen LogP contribution in [0.1, 0.15) is 28.9 Å². The van der Waals surface area contributed by atoms with Crippen LogP contribution in [0.15, 0.2) is 35.7 Å². The molecule has 2 saturated heterocycles. The molecule has 2 aliphatic heterocycles. The molecule has 6 nitrogen and oxygen atoms in total. The number of amides is 2. The standard InChI is InChI=1S/C25H28Cl2N4O2S/c1-28-9-11-30(12-10-28)24(32)17-4-7-29(8-5-17)25(33)22-15-23-21(6-13-34-23)31(22)16-18-2-3-19(26)14-20(18)27/h2-3,6,13-15,17H,4-5,7-12,16H2,1H3. The highest BCUT2D eigenvalue weighted by molar-refractivity contribution is 7.17. The van der Waals surface area contributed by atoms with Crippen molar-refractivity contribution in [1.29, 1.82) is 0 Å². The first-order chi connectivity index (χ1) is 16.4. The number of likely N-dealkylation sites (N-methyl/N-ethyl adjacent to an activating group) is 1. The first-order valence-corrected chi connectivity index (χ1v) is 13.3. The largest absolute Gasteiger partial charge is 0.340 e. The summed E-state index contributed by atoms with van der Waals surface area (Å²) in [7, 11) is 2.09. The topological polar surface area (TPSA) is 48.8 Å². The Morgan fingerprint density at radius 1 is 0.971 bits per heavy atom. The minimum Gasteiger partial charge on any atom is -0.340 e. The van der Waals surface area contributed by atoms with Crippen LogP contribution < -0.4 is 0 Å². The number of hydrogen-bond donors (Lipinski definition) is 0. The number of halogens is 2. The van der Waals surface area contributed by atoms with Gasteiger partial charge in [-0.15, -0.1) is 11.3 Å². The van der Waals surface area contributed by atoms with Gasteiger partial charge in [0.2, 0.25) is 5.91 Å². The van der Waals surface area contributed by atoms with Gasteiger partial charge in [0.15, 0.2) is 0 Å². The molecule has 34 heavy (non-hydrogen) atoms. The van der Waals surface area contributed by atoms with Crippen LogP contribution in [-0.4, -0.2) is 77.4 Å². The predicted molar refractivity (Wildman–Crippen MR) is 138 cm³/mol. The fourth-order valence-electron chi connectivity index (χ4n) is 4.92. The van der Waals surface area contributed by atoms with Gasteiger partial charge in [-0.1, -0.05) is 29.3 Å². The SMILES string of the molecule is CN1CCN(C(=O)C2CCN(C(=O)c3cc4sccc4n3Cc3ccc(Cl)cc3Cl)CC2)CC1. The maximum Gasteiger partial charge on any atom is 0.270 e. The Kier molecular flexibility index (Phi) is 6.89. The quantitative estimate of drug-likeness (QED) is 0.503. The molecule has 2 amide bonds. The van der Waals surface area contributed by atoms with Crippen molar-refractivity contribution in [2.75, 3.05) is 46.3 Å². The van der Waals surface area contributed by atoms with E-state index in [2.05, 4.69) is 11.9 Å². The van der Waals surface area contributed by atoms with E-state index in [0.29, 0.717) is 35.4 Å². The molecule has 0 radical (unpaired) electrons. The van der Waals surface area contributed by atoms with E-state index in [0.717, 1.165) is 54.8 Å². The van der Waals surface area contributed by atoms with E-state index in [1.54, 1.807) is 17.4 Å². The summed E-state index contributed by atoms with van der Waals surface area (Å²) in [4.78, 5) is 32.7. The van der Waals surface area contributed by atoms with E-state index in [4.69, 9.17) is 23.2 Å². The molecule has 0 atom stereocenters. The van der Waals surface area contributed by atoms with Gasteiger partial charge in [0, 0.05) is 61.8 Å². The normalized spacial score (nSPS) is 18.1. The van der Waals surface area contributed by atoms with E-state index in [1.807, 2.05) is 44.0 Å². The molecule has 180 valence electrons. The smallest absolute Gasteiger partial charge is 0.270 e. The van der Waals surface area contributed by atoms with Gasteiger partial charge < -0.3 is 19.3 Å². The minimum atomic E-state index is 0.00982. The number of rotatable bonds is 4. The summed E-state index contributed by atoms with van der Waals surface area (Å²) in [6, 6.07) is 9.49. The second-order valence-electron chi connectivity index (χ2n) is 9.22. The number of nitrogens with zero attached hydrogens (tertiary/aromatic N) is 4. The van der Waals surface area contributed by atoms with Crippen molar-refractivity contribution in [3.8, 4) is 0 Å². The van der Waals surface area contributed by atoms with Crippen molar-refractivity contribution in [2.24, 2.45) is 5.92 Å². The van der Waals surface area contributed by atoms with Crippen LogP contribution in [0.2, 0.25) is 10.0 Å². The van der Waals surface area contributed by atoms with Crippen LogP contribution in [0.3, 0.4) is 0 Å². The number of carbonyl (C=O) groups excluding carboxylic acids is 2. The zero-order valence-electron chi connectivity index (χ0n) is 19.2. The fourth-order valence-corrected chi connectivity index (χ4v) is 6.21. The highest BCUT2D eigenvalue weighted by atomic mass is 35.5. The summed E-state index contributed by atoms with van der Waals surface area (Å²) in [5.41, 5.74) is 2.61. The number of piperazine rings is 1. The zero-order chi connectivity index (χ0) is 23.8. The minimum absolute atomic E-state index is 0.00982. The van der Waals surface area contributed by atoms with Crippen molar-refractivity contribution in [2.45, 2.75) is 19.4 Å². The van der Waals surface area contributed by atoms with Gasteiger partial charge in [-0.2, -0.15) is 0 Å². The number of aromatic nitrogens is 1. The van der Waals surface area contributed by atoms with Crippen LogP contribution in [0.4, 0.5) is 0 Å². The van der Waals surface area contributed by atoms with E-state index in [1.165, 1.54) is 0 Å². The fraction of sp³-hybridized carbons (Fsp3) is 0.440. The molecule has 2 aliphatic rings. The van der Waals surface area contributed by atoms with Crippen molar-refractivity contribution >= 4 is 56.6 Å². The summed E-state index contributed by atoms with van der Waals surface area (Å²) in [5, 5.41) is 3.22. The second kappa shape index (κ2) is 9.90. The monoisotopic (exact) mass is 518 g/mol. The molecule has 2 fully saturated rings. The first-order valence-electron chi connectivity index (χ1n) is 11.7. The average Bonchev–Trinajstić information content (AvgIpc) is 3.43. The van der Waals surface area contributed by atoms with Crippen LogP contribution in [0, 0.1) is 5.92 Å². The summed E-state index contributed by atoms with van der Waals surface area (Å²) in [6.07, 6.45) is 1.43. The lowest BCUT2D eigenvalue weighted by atomic mass is 9.94. The number of piperidine rings is 1. The van der Waals surface area contributed by atoms with Crippen LogP contribution in [0.5, 0.6) is 0 Å². The van der Waals surface area contributed by atoms with Crippen molar-refractivity contribution in [1.82, 2.24) is 19.3 Å². The molecule has 9 heteroatoms. The number of thiophene rings is 1. The average molecular weight is 519 g/mol. The molecule has 0 aliphatic carbocycles. The third kappa shape index (κ3) is 4.71. The van der Waals surface area contributed by atoms with Crippen molar-refractivity contribution < 1.29 is 9.59 Å². The number of fused-ring (bicyclic) bond motifs is 1. The molecule has 0 unspecified atom stereocenters. The molecule has 0 saturated carbocycles. The lowest BCUT2D eigenvalue weighted by Crippen LogP contribution is -2.51. The van der Waals surface area contributed by atoms with Gasteiger partial charge in [0.05, 0.1) is 10.2 Å². The summed E-state index contributed by atoms with van der Waals surface area (Å²) in [5.74, 6) is 0.274. The Balaban J connectivity index is 1.30. The third-order valence-electron chi connectivity index (χ3n) is 7.03. The van der Waals surface area contributed by atoms with E-state index >= 15 is 0 Å². The second-order valence-corrected chi connectivity index (χ2v) is 11.0.